The van der Waals surface area contributed by atoms with Gasteiger partial charge in [-0.05, 0) is 30.7 Å². The van der Waals surface area contributed by atoms with Gasteiger partial charge in [0.25, 0.3) is 5.56 Å². The smallest absolute Gasteiger partial charge is 0.266 e. The highest BCUT2D eigenvalue weighted by atomic mass is 16.5. The van der Waals surface area contributed by atoms with Gasteiger partial charge in [0.1, 0.15) is 23.5 Å². The Balaban J connectivity index is 2.45. The van der Waals surface area contributed by atoms with Crippen LogP contribution in [0.3, 0.4) is 0 Å². The fraction of sp³-hybridized carbons (Fsp3) is 0.133. The molecule has 2 rings (SSSR count). The fourth-order valence-electron chi connectivity index (χ4n) is 1.87. The number of nitrogens with zero attached hydrogens (tertiary/aromatic N) is 2. The number of aryl methyl sites for hydroxylation is 1. The van der Waals surface area contributed by atoms with Crippen LogP contribution in [-0.2, 0) is 0 Å². The Kier molecular flexibility index (Phi) is 3.83. The number of nitrogens with one attached hydrogen (secondary N) is 1. The van der Waals surface area contributed by atoms with E-state index in [0.29, 0.717) is 17.0 Å². The van der Waals surface area contributed by atoms with Crippen LogP contribution in [0.5, 0.6) is 5.75 Å². The Labute approximate surface area is 115 Å². The molecule has 5 nitrogen and oxygen atoms in total. The van der Waals surface area contributed by atoms with Gasteiger partial charge >= 0.3 is 0 Å². The largest absolute Gasteiger partial charge is 0.479 e. The molecular weight excluding hydrogens is 254 g/mol. The Bertz CT molecular complexity index is 762. The van der Waals surface area contributed by atoms with Gasteiger partial charge in [-0.25, -0.2) is 0 Å². The maximum atomic E-state index is 11.7. The number of nitriles is 2. The lowest BCUT2D eigenvalue weighted by molar-refractivity contribution is 0.368. The zero-order valence-electron chi connectivity index (χ0n) is 10.8. The predicted molar refractivity (Wildman–Crippen MR) is 73.1 cm³/mol. The van der Waals surface area contributed by atoms with Gasteiger partial charge < -0.3 is 9.72 Å². The zero-order valence-corrected chi connectivity index (χ0v) is 10.8. The monoisotopic (exact) mass is 265 g/mol. The molecule has 0 saturated carbocycles. The lowest BCUT2D eigenvalue weighted by Crippen LogP contribution is -2.12. The molecule has 1 heterocycles. The van der Waals surface area contributed by atoms with Crippen LogP contribution in [0.25, 0.3) is 11.1 Å². The van der Waals surface area contributed by atoms with E-state index in [1.807, 2.05) is 12.1 Å². The average molecular weight is 265 g/mol. The van der Waals surface area contributed by atoms with Gasteiger partial charge in [0.05, 0.1) is 0 Å². The van der Waals surface area contributed by atoms with Crippen molar-refractivity contribution in [1.29, 1.82) is 10.5 Å². The summed E-state index contributed by atoms with van der Waals surface area (Å²) in [6.45, 7) is 1.74. The Hall–Kier alpha value is -3.05. The van der Waals surface area contributed by atoms with Crippen LogP contribution in [0.1, 0.15) is 11.3 Å². The maximum Gasteiger partial charge on any atom is 0.266 e. The molecule has 0 saturated heterocycles. The minimum Gasteiger partial charge on any atom is -0.479 e. The summed E-state index contributed by atoms with van der Waals surface area (Å²) in [5.41, 5.74) is 1.71. The number of ether oxygens (including phenoxy) is 1. The molecular formula is C15H11N3O2. The van der Waals surface area contributed by atoms with Crippen LogP contribution < -0.4 is 10.3 Å². The Morgan fingerprint density at radius 2 is 1.95 bits per heavy atom. The van der Waals surface area contributed by atoms with Crippen LogP contribution in [0.15, 0.2) is 35.1 Å². The second kappa shape index (κ2) is 5.73. The molecule has 0 atom stereocenters. The number of H-pyrrole nitrogens is 1. The van der Waals surface area contributed by atoms with Gasteiger partial charge in [0, 0.05) is 11.3 Å². The summed E-state index contributed by atoms with van der Waals surface area (Å²) in [6, 6.07) is 12.5. The third kappa shape index (κ3) is 2.68. The SMILES string of the molecule is Cc1cc(-c2ccc(OCC#N)cc2)c(C#N)c(=O)[nH]1. The highest BCUT2D eigenvalue weighted by molar-refractivity contribution is 5.70. The molecule has 0 fully saturated rings. The van der Waals surface area contributed by atoms with E-state index < -0.39 is 5.56 Å². The Morgan fingerprint density at radius 3 is 2.55 bits per heavy atom. The van der Waals surface area contributed by atoms with Crippen LogP contribution in [0, 0.1) is 29.6 Å². The molecule has 0 aliphatic heterocycles. The molecule has 20 heavy (non-hydrogen) atoms. The van der Waals surface area contributed by atoms with Crippen LogP contribution in [0.2, 0.25) is 0 Å². The van der Waals surface area contributed by atoms with Crippen molar-refractivity contribution < 1.29 is 4.74 Å². The minimum atomic E-state index is -0.396. The number of hydrogen-bond donors (Lipinski definition) is 1. The van der Waals surface area contributed by atoms with E-state index in [0.717, 1.165) is 5.56 Å². The maximum absolute atomic E-state index is 11.7. The van der Waals surface area contributed by atoms with E-state index in [2.05, 4.69) is 4.98 Å². The molecule has 0 aliphatic rings. The fourth-order valence-corrected chi connectivity index (χ4v) is 1.87. The van der Waals surface area contributed by atoms with Crippen molar-refractivity contribution in [2.45, 2.75) is 6.92 Å². The van der Waals surface area contributed by atoms with Gasteiger partial charge in [-0.2, -0.15) is 10.5 Å². The summed E-state index contributed by atoms with van der Waals surface area (Å²) in [7, 11) is 0. The predicted octanol–water partition coefficient (Wildman–Crippen LogP) is 2.12. The highest BCUT2D eigenvalue weighted by Crippen LogP contribution is 2.24. The van der Waals surface area contributed by atoms with Crippen LogP contribution >= 0.6 is 0 Å². The van der Waals surface area contributed by atoms with E-state index in [1.54, 1.807) is 37.3 Å². The average Bonchev–Trinajstić information content (AvgIpc) is 2.45. The molecule has 5 heteroatoms. The van der Waals surface area contributed by atoms with E-state index in [4.69, 9.17) is 15.3 Å². The lowest BCUT2D eigenvalue weighted by atomic mass is 10.0. The first-order valence-corrected chi connectivity index (χ1v) is 5.90. The Morgan fingerprint density at radius 1 is 1.25 bits per heavy atom. The van der Waals surface area contributed by atoms with Crippen molar-refractivity contribution in [3.05, 3.63) is 51.9 Å². The van der Waals surface area contributed by atoms with Gasteiger partial charge in [0.2, 0.25) is 0 Å². The van der Waals surface area contributed by atoms with Crippen molar-refractivity contribution in [2.24, 2.45) is 0 Å². The summed E-state index contributed by atoms with van der Waals surface area (Å²) in [4.78, 5) is 14.3. The molecule has 98 valence electrons. The summed E-state index contributed by atoms with van der Waals surface area (Å²) in [6.07, 6.45) is 0. The van der Waals surface area contributed by atoms with Crippen molar-refractivity contribution >= 4 is 0 Å². The first kappa shape index (κ1) is 13.4. The molecule has 2 aromatic rings. The quantitative estimate of drug-likeness (QED) is 0.920. The number of benzene rings is 1. The minimum absolute atomic E-state index is 0.0209. The van der Waals surface area contributed by atoms with Crippen molar-refractivity contribution in [1.82, 2.24) is 4.98 Å². The highest BCUT2D eigenvalue weighted by Gasteiger charge is 2.10. The molecule has 0 unspecified atom stereocenters. The molecule has 0 aliphatic carbocycles. The number of aromatic nitrogens is 1. The van der Waals surface area contributed by atoms with E-state index in [1.165, 1.54) is 0 Å². The van der Waals surface area contributed by atoms with Gasteiger partial charge in [0.15, 0.2) is 6.61 Å². The van der Waals surface area contributed by atoms with Crippen molar-refractivity contribution in [2.75, 3.05) is 6.61 Å². The number of pyridine rings is 1. The standard InChI is InChI=1S/C15H11N3O2/c1-10-8-13(14(9-17)15(19)18-10)11-2-4-12(5-3-11)20-7-6-16/h2-5,8H,7H2,1H3,(H,18,19). The normalized spacial score (nSPS) is 9.55. The molecule has 0 spiro atoms. The summed E-state index contributed by atoms with van der Waals surface area (Å²) in [5, 5.41) is 17.5. The third-order valence-corrected chi connectivity index (χ3v) is 2.75. The zero-order chi connectivity index (χ0) is 14.5. The molecule has 1 aromatic heterocycles. The van der Waals surface area contributed by atoms with Gasteiger partial charge in [-0.3, -0.25) is 4.79 Å². The number of rotatable bonds is 3. The van der Waals surface area contributed by atoms with E-state index >= 15 is 0 Å². The summed E-state index contributed by atoms with van der Waals surface area (Å²) >= 11 is 0. The van der Waals surface area contributed by atoms with E-state index in [9.17, 15) is 4.79 Å². The molecule has 1 N–H and O–H groups in total. The topological polar surface area (TPSA) is 89.7 Å². The summed E-state index contributed by atoms with van der Waals surface area (Å²) < 4.78 is 5.16. The van der Waals surface area contributed by atoms with Gasteiger partial charge in [-0.15, -0.1) is 0 Å². The number of hydrogen-bond acceptors (Lipinski definition) is 4. The molecule has 0 bridgehead atoms. The second-order valence-electron chi connectivity index (χ2n) is 4.15. The summed E-state index contributed by atoms with van der Waals surface area (Å²) in [5.74, 6) is 0.565. The first-order chi connectivity index (χ1) is 9.65. The third-order valence-electron chi connectivity index (χ3n) is 2.75. The second-order valence-corrected chi connectivity index (χ2v) is 4.15. The molecule has 0 radical (unpaired) electrons. The van der Waals surface area contributed by atoms with Crippen LogP contribution in [-0.4, -0.2) is 11.6 Å². The molecule has 1 aromatic carbocycles. The van der Waals surface area contributed by atoms with Gasteiger partial charge in [-0.1, -0.05) is 12.1 Å². The lowest BCUT2D eigenvalue weighted by Gasteiger charge is -2.07. The molecule has 0 amide bonds. The van der Waals surface area contributed by atoms with Crippen molar-refractivity contribution in [3.63, 3.8) is 0 Å². The first-order valence-electron chi connectivity index (χ1n) is 5.90. The number of aromatic amines is 1. The van der Waals surface area contributed by atoms with Crippen molar-refractivity contribution in [3.8, 4) is 29.0 Å². The van der Waals surface area contributed by atoms with Crippen LogP contribution in [0.4, 0.5) is 0 Å². The van der Waals surface area contributed by atoms with E-state index in [-0.39, 0.29) is 12.2 Å².